The van der Waals surface area contributed by atoms with E-state index in [0.29, 0.717) is 6.04 Å². The van der Waals surface area contributed by atoms with Gasteiger partial charge < -0.3 is 15.5 Å². The van der Waals surface area contributed by atoms with E-state index in [0.717, 1.165) is 25.5 Å². The van der Waals surface area contributed by atoms with E-state index in [2.05, 4.69) is 48.4 Å². The summed E-state index contributed by atoms with van der Waals surface area (Å²) in [5.74, 6) is 0.958. The van der Waals surface area contributed by atoms with Gasteiger partial charge in [-0.25, -0.2) is 0 Å². The Labute approximate surface area is 151 Å². The Morgan fingerprint density at radius 3 is 2.75 bits per heavy atom. The first-order valence-electron chi connectivity index (χ1n) is 9.50. The van der Waals surface area contributed by atoms with Crippen LogP contribution < -0.4 is 10.6 Å². The molecule has 4 nitrogen and oxygen atoms in total. The molecule has 1 unspecified atom stereocenters. The predicted molar refractivity (Wildman–Crippen MR) is 106 cm³/mol. The molecule has 0 saturated carbocycles. The van der Waals surface area contributed by atoms with Crippen molar-refractivity contribution < 1.29 is 0 Å². The molecule has 1 fully saturated rings. The number of aliphatic imine (C=N–C) groups is 1. The number of thiophene rings is 1. The lowest BCUT2D eigenvalue weighted by molar-refractivity contribution is 0.331. The first kappa shape index (κ1) is 19.3. The fraction of sp³-hybridized carbons (Fsp3) is 0.737. The van der Waals surface area contributed by atoms with Crippen LogP contribution in [0.5, 0.6) is 0 Å². The molecule has 0 amide bonds. The molecule has 0 aliphatic carbocycles. The Hall–Kier alpha value is -1.07. The SMILES string of the molecule is CCNC(=NCCCCN1CCCC1)NC(C)Cc1ccc(C)s1. The summed E-state index contributed by atoms with van der Waals surface area (Å²) in [6.45, 7) is 12.2. The van der Waals surface area contributed by atoms with Crippen LogP contribution in [0.2, 0.25) is 0 Å². The van der Waals surface area contributed by atoms with Gasteiger partial charge in [0.1, 0.15) is 0 Å². The van der Waals surface area contributed by atoms with Crippen LogP contribution in [-0.2, 0) is 6.42 Å². The Kier molecular flexibility index (Phi) is 8.60. The monoisotopic (exact) mass is 350 g/mol. The number of unbranched alkanes of at least 4 members (excludes halogenated alkanes) is 1. The molecule has 2 rings (SSSR count). The van der Waals surface area contributed by atoms with Gasteiger partial charge in [0, 0.05) is 35.3 Å². The third kappa shape index (κ3) is 7.22. The number of nitrogens with one attached hydrogen (secondary N) is 2. The van der Waals surface area contributed by atoms with Crippen molar-refractivity contribution in [3.05, 3.63) is 21.9 Å². The minimum Gasteiger partial charge on any atom is -0.357 e. The van der Waals surface area contributed by atoms with Crippen LogP contribution in [0.4, 0.5) is 0 Å². The van der Waals surface area contributed by atoms with E-state index in [-0.39, 0.29) is 0 Å². The van der Waals surface area contributed by atoms with E-state index in [1.54, 1.807) is 0 Å². The maximum Gasteiger partial charge on any atom is 0.191 e. The Morgan fingerprint density at radius 2 is 2.08 bits per heavy atom. The molecule has 0 radical (unpaired) electrons. The van der Waals surface area contributed by atoms with Crippen molar-refractivity contribution in [2.24, 2.45) is 4.99 Å². The molecule has 1 aliphatic heterocycles. The second-order valence-electron chi connectivity index (χ2n) is 6.78. The van der Waals surface area contributed by atoms with E-state index in [4.69, 9.17) is 4.99 Å². The summed E-state index contributed by atoms with van der Waals surface area (Å²) in [6, 6.07) is 4.83. The molecule has 1 aromatic rings. The normalized spacial score (nSPS) is 17.2. The maximum absolute atomic E-state index is 4.74. The lowest BCUT2D eigenvalue weighted by atomic mass is 10.2. The summed E-state index contributed by atoms with van der Waals surface area (Å²) >= 11 is 1.89. The van der Waals surface area contributed by atoms with Gasteiger partial charge in [0.25, 0.3) is 0 Å². The third-order valence-electron chi connectivity index (χ3n) is 4.38. The highest BCUT2D eigenvalue weighted by atomic mass is 32.1. The lowest BCUT2D eigenvalue weighted by Gasteiger charge is -2.17. The summed E-state index contributed by atoms with van der Waals surface area (Å²) in [5.41, 5.74) is 0. The van der Waals surface area contributed by atoms with Crippen molar-refractivity contribution in [3.8, 4) is 0 Å². The molecule has 2 heterocycles. The van der Waals surface area contributed by atoms with Crippen molar-refractivity contribution in [2.75, 3.05) is 32.7 Å². The minimum absolute atomic E-state index is 0.394. The average Bonchev–Trinajstić information content (AvgIpc) is 3.19. The number of aryl methyl sites for hydroxylation is 1. The summed E-state index contributed by atoms with van der Waals surface area (Å²) in [6.07, 6.45) is 6.25. The molecule has 1 aliphatic rings. The lowest BCUT2D eigenvalue weighted by Crippen LogP contribution is -2.43. The Balaban J connectivity index is 1.68. The first-order valence-corrected chi connectivity index (χ1v) is 10.3. The molecule has 0 bridgehead atoms. The van der Waals surface area contributed by atoms with Crippen LogP contribution in [0.25, 0.3) is 0 Å². The zero-order valence-corrected chi connectivity index (χ0v) is 16.4. The molecular formula is C19H34N4S. The van der Waals surface area contributed by atoms with Crippen LogP contribution in [-0.4, -0.2) is 49.6 Å². The molecule has 0 spiro atoms. The Bertz CT molecular complexity index is 491. The maximum atomic E-state index is 4.74. The van der Waals surface area contributed by atoms with Crippen molar-refractivity contribution in [1.29, 1.82) is 0 Å². The van der Waals surface area contributed by atoms with E-state index in [1.165, 1.54) is 55.1 Å². The fourth-order valence-electron chi connectivity index (χ4n) is 3.15. The van der Waals surface area contributed by atoms with E-state index in [9.17, 15) is 0 Å². The van der Waals surface area contributed by atoms with Crippen LogP contribution in [0.15, 0.2) is 17.1 Å². The number of rotatable bonds is 9. The Morgan fingerprint density at radius 1 is 1.29 bits per heavy atom. The van der Waals surface area contributed by atoms with Crippen LogP contribution >= 0.6 is 11.3 Å². The standard InChI is InChI=1S/C19H34N4S/c1-4-20-19(21-11-5-6-12-23-13-7-8-14-23)22-16(2)15-18-10-9-17(3)24-18/h9-10,16H,4-8,11-15H2,1-3H3,(H2,20,21,22). The summed E-state index contributed by atoms with van der Waals surface area (Å²) in [7, 11) is 0. The number of guanidine groups is 1. The van der Waals surface area contributed by atoms with Gasteiger partial charge in [-0.3, -0.25) is 4.99 Å². The second kappa shape index (κ2) is 10.7. The second-order valence-corrected chi connectivity index (χ2v) is 8.15. The minimum atomic E-state index is 0.394. The van der Waals surface area contributed by atoms with Crippen molar-refractivity contribution >= 4 is 17.3 Å². The quantitative estimate of drug-likeness (QED) is 0.407. The molecule has 0 aromatic carbocycles. The van der Waals surface area contributed by atoms with E-state index < -0.39 is 0 Å². The molecule has 136 valence electrons. The number of likely N-dealkylation sites (tertiary alicyclic amines) is 1. The highest BCUT2D eigenvalue weighted by molar-refractivity contribution is 7.11. The molecule has 24 heavy (non-hydrogen) atoms. The summed E-state index contributed by atoms with van der Waals surface area (Å²) < 4.78 is 0. The van der Waals surface area contributed by atoms with E-state index in [1.807, 2.05) is 11.3 Å². The van der Waals surface area contributed by atoms with Gasteiger partial charge in [0.05, 0.1) is 0 Å². The third-order valence-corrected chi connectivity index (χ3v) is 5.40. The summed E-state index contributed by atoms with van der Waals surface area (Å²) in [5, 5.41) is 6.91. The average molecular weight is 351 g/mol. The van der Waals surface area contributed by atoms with Gasteiger partial charge in [-0.15, -0.1) is 11.3 Å². The summed E-state index contributed by atoms with van der Waals surface area (Å²) in [4.78, 5) is 10.1. The topological polar surface area (TPSA) is 39.7 Å². The number of hydrogen-bond donors (Lipinski definition) is 2. The predicted octanol–water partition coefficient (Wildman–Crippen LogP) is 3.42. The smallest absolute Gasteiger partial charge is 0.191 e. The fourth-order valence-corrected chi connectivity index (χ4v) is 4.16. The molecule has 1 aromatic heterocycles. The van der Waals surface area contributed by atoms with Crippen molar-refractivity contribution in [1.82, 2.24) is 15.5 Å². The van der Waals surface area contributed by atoms with Gasteiger partial charge in [-0.05, 0) is 78.2 Å². The molecule has 5 heteroatoms. The van der Waals surface area contributed by atoms with Crippen LogP contribution in [0, 0.1) is 6.92 Å². The zero-order valence-electron chi connectivity index (χ0n) is 15.6. The van der Waals surface area contributed by atoms with Gasteiger partial charge in [-0.2, -0.15) is 0 Å². The van der Waals surface area contributed by atoms with Gasteiger partial charge >= 0.3 is 0 Å². The van der Waals surface area contributed by atoms with Crippen molar-refractivity contribution in [3.63, 3.8) is 0 Å². The number of hydrogen-bond acceptors (Lipinski definition) is 3. The highest BCUT2D eigenvalue weighted by Gasteiger charge is 2.10. The van der Waals surface area contributed by atoms with Gasteiger partial charge in [0.2, 0.25) is 0 Å². The number of nitrogens with zero attached hydrogens (tertiary/aromatic N) is 2. The van der Waals surface area contributed by atoms with Crippen LogP contribution in [0.1, 0.15) is 49.3 Å². The van der Waals surface area contributed by atoms with Crippen LogP contribution in [0.3, 0.4) is 0 Å². The first-order chi connectivity index (χ1) is 11.7. The van der Waals surface area contributed by atoms with Crippen molar-refractivity contribution in [2.45, 2.75) is 58.9 Å². The molecular weight excluding hydrogens is 316 g/mol. The highest BCUT2D eigenvalue weighted by Crippen LogP contribution is 2.16. The van der Waals surface area contributed by atoms with E-state index >= 15 is 0 Å². The molecule has 2 N–H and O–H groups in total. The largest absolute Gasteiger partial charge is 0.357 e. The van der Waals surface area contributed by atoms with Gasteiger partial charge in [-0.1, -0.05) is 0 Å². The van der Waals surface area contributed by atoms with Gasteiger partial charge in [0.15, 0.2) is 5.96 Å². The molecule has 1 saturated heterocycles. The molecule has 1 atom stereocenters. The zero-order chi connectivity index (χ0) is 17.2.